The third-order valence-corrected chi connectivity index (χ3v) is 5.67. The first-order valence-electron chi connectivity index (χ1n) is 9.57. The summed E-state index contributed by atoms with van der Waals surface area (Å²) in [5.74, 6) is 0. The third-order valence-electron chi connectivity index (χ3n) is 5.67. The van der Waals surface area contributed by atoms with Crippen LogP contribution in [0.1, 0.15) is 38.8 Å². The van der Waals surface area contributed by atoms with E-state index < -0.39 is 0 Å². The Hall–Kier alpha value is -2.86. The Balaban J connectivity index is 2.56. The van der Waals surface area contributed by atoms with E-state index in [1.54, 1.807) is 0 Å². The molecule has 0 heterocycles. The normalized spacial score (nSPS) is 25.0. The first-order chi connectivity index (χ1) is 13.1. The van der Waals surface area contributed by atoms with Crippen molar-refractivity contribution in [3.63, 3.8) is 0 Å². The highest BCUT2D eigenvalue weighted by atomic mass is 14.5. The largest absolute Gasteiger partial charge is 0.0990 e. The molecule has 0 N–H and O–H groups in total. The molecular weight excluding hydrogens is 324 g/mol. The van der Waals surface area contributed by atoms with Crippen LogP contribution in [0.15, 0.2) is 114 Å². The van der Waals surface area contributed by atoms with Crippen molar-refractivity contribution in [2.24, 2.45) is 0 Å². The maximum absolute atomic E-state index is 4.23. The van der Waals surface area contributed by atoms with Gasteiger partial charge in [-0.25, -0.2) is 0 Å². The Morgan fingerprint density at radius 2 is 1.63 bits per heavy atom. The van der Waals surface area contributed by atoms with Gasteiger partial charge in [-0.15, -0.1) is 0 Å². The van der Waals surface area contributed by atoms with Crippen molar-refractivity contribution in [1.29, 1.82) is 0 Å². The molecule has 0 fully saturated rings. The van der Waals surface area contributed by atoms with Gasteiger partial charge in [-0.1, -0.05) is 86.0 Å². The van der Waals surface area contributed by atoms with Crippen molar-refractivity contribution >= 4 is 5.57 Å². The fourth-order valence-corrected chi connectivity index (χ4v) is 4.82. The summed E-state index contributed by atoms with van der Waals surface area (Å²) in [6.07, 6.45) is 17.1. The van der Waals surface area contributed by atoms with Crippen molar-refractivity contribution in [3.05, 3.63) is 125 Å². The topological polar surface area (TPSA) is 0 Å². The van der Waals surface area contributed by atoms with Crippen LogP contribution in [-0.4, -0.2) is 0 Å². The maximum atomic E-state index is 4.23. The van der Waals surface area contributed by atoms with E-state index in [-0.39, 0.29) is 5.41 Å². The average Bonchev–Trinajstić information content (AvgIpc) is 3.08. The summed E-state index contributed by atoms with van der Waals surface area (Å²) in [6.45, 7) is 16.7. The summed E-state index contributed by atoms with van der Waals surface area (Å²) in [6, 6.07) is 8.75. The van der Waals surface area contributed by atoms with Crippen molar-refractivity contribution in [2.75, 3.05) is 0 Å². The lowest BCUT2D eigenvalue weighted by Crippen LogP contribution is -2.27. The van der Waals surface area contributed by atoms with Gasteiger partial charge < -0.3 is 0 Å². The molecule has 3 rings (SSSR count). The molecular formula is C27H28. The molecule has 2 aliphatic carbocycles. The molecule has 0 radical (unpaired) electrons. The van der Waals surface area contributed by atoms with E-state index in [9.17, 15) is 0 Å². The van der Waals surface area contributed by atoms with E-state index in [1.165, 1.54) is 44.6 Å². The first-order valence-corrected chi connectivity index (χ1v) is 9.57. The Kier molecular flexibility index (Phi) is 5.19. The molecule has 1 unspecified atom stereocenters. The predicted molar refractivity (Wildman–Crippen MR) is 120 cm³/mol. The number of hydrogen-bond donors (Lipinski definition) is 0. The second-order valence-electron chi connectivity index (χ2n) is 6.88. The molecule has 27 heavy (non-hydrogen) atoms. The van der Waals surface area contributed by atoms with E-state index in [4.69, 9.17) is 0 Å². The zero-order valence-electron chi connectivity index (χ0n) is 16.8. The Morgan fingerprint density at radius 3 is 2.22 bits per heavy atom. The zero-order valence-corrected chi connectivity index (χ0v) is 16.8. The fourth-order valence-electron chi connectivity index (χ4n) is 4.82. The van der Waals surface area contributed by atoms with Gasteiger partial charge in [-0.05, 0) is 72.3 Å². The number of hydrogen-bond acceptors (Lipinski definition) is 0. The van der Waals surface area contributed by atoms with Crippen molar-refractivity contribution in [1.82, 2.24) is 0 Å². The third kappa shape index (κ3) is 2.44. The second-order valence-corrected chi connectivity index (χ2v) is 6.88. The minimum Gasteiger partial charge on any atom is -0.0990 e. The SMILES string of the molecule is C=C/C=C1\C(=C/C)C2(C(C=C)=C(/C=C\C)C(C)=C2/C=C\C)c2ccccc21. The summed E-state index contributed by atoms with van der Waals surface area (Å²) in [5.41, 5.74) is 10.0. The highest BCUT2D eigenvalue weighted by Crippen LogP contribution is 2.62. The highest BCUT2D eigenvalue weighted by molar-refractivity contribution is 5.97. The molecule has 0 aromatic heterocycles. The minimum atomic E-state index is -0.312. The van der Waals surface area contributed by atoms with Gasteiger partial charge in [0.05, 0.1) is 5.41 Å². The molecule has 1 atom stereocenters. The maximum Gasteiger partial charge on any atom is 0.0718 e. The predicted octanol–water partition coefficient (Wildman–Crippen LogP) is 7.42. The van der Waals surface area contributed by atoms with Gasteiger partial charge in [0.1, 0.15) is 0 Å². The summed E-state index contributed by atoms with van der Waals surface area (Å²) in [4.78, 5) is 0. The van der Waals surface area contributed by atoms with E-state index in [1.807, 2.05) is 12.2 Å². The Labute approximate surface area is 164 Å². The lowest BCUT2D eigenvalue weighted by Gasteiger charge is -2.33. The standard InChI is InChI=1S/C27H28/c1-7-14-20-19(6)25(16-9-3)27(23(20)10-4)24(11-5)21(15-8-2)22-17-12-13-18-26(22)27/h7-18H,2,4H2,1,3,5-6H3/b14-7-,16-9-,21-15-,24-11+. The van der Waals surface area contributed by atoms with Gasteiger partial charge in [-0.3, -0.25) is 0 Å². The Bertz CT molecular complexity index is 983. The van der Waals surface area contributed by atoms with Crippen molar-refractivity contribution < 1.29 is 0 Å². The van der Waals surface area contributed by atoms with Crippen LogP contribution < -0.4 is 0 Å². The molecule has 1 aromatic carbocycles. The minimum absolute atomic E-state index is 0.312. The van der Waals surface area contributed by atoms with Gasteiger partial charge in [0.15, 0.2) is 0 Å². The van der Waals surface area contributed by atoms with Gasteiger partial charge >= 0.3 is 0 Å². The van der Waals surface area contributed by atoms with Crippen LogP contribution in [0.3, 0.4) is 0 Å². The molecule has 2 aliphatic rings. The van der Waals surface area contributed by atoms with Crippen molar-refractivity contribution in [2.45, 2.75) is 33.1 Å². The monoisotopic (exact) mass is 352 g/mol. The lowest BCUT2D eigenvalue weighted by atomic mass is 9.68. The highest BCUT2D eigenvalue weighted by Gasteiger charge is 2.52. The lowest BCUT2D eigenvalue weighted by molar-refractivity contribution is 0.777. The van der Waals surface area contributed by atoms with E-state index in [0.29, 0.717) is 0 Å². The van der Waals surface area contributed by atoms with Crippen LogP contribution in [0.25, 0.3) is 5.57 Å². The van der Waals surface area contributed by atoms with Crippen LogP contribution in [0.4, 0.5) is 0 Å². The van der Waals surface area contributed by atoms with Crippen LogP contribution in [0.5, 0.6) is 0 Å². The molecule has 0 saturated heterocycles. The molecule has 0 aliphatic heterocycles. The Morgan fingerprint density at radius 1 is 0.926 bits per heavy atom. The van der Waals surface area contributed by atoms with E-state index in [2.05, 4.69) is 102 Å². The fraction of sp³-hybridized carbons (Fsp3) is 0.185. The number of rotatable bonds is 4. The first kappa shape index (κ1) is 18.9. The number of allylic oxidation sites excluding steroid dienone is 14. The molecule has 136 valence electrons. The van der Waals surface area contributed by atoms with Crippen LogP contribution in [0, 0.1) is 0 Å². The quantitative estimate of drug-likeness (QED) is 0.529. The molecule has 0 nitrogen and oxygen atoms in total. The van der Waals surface area contributed by atoms with Crippen LogP contribution >= 0.6 is 0 Å². The smallest absolute Gasteiger partial charge is 0.0718 e. The van der Waals surface area contributed by atoms with E-state index in [0.717, 1.165) is 0 Å². The molecule has 0 bridgehead atoms. The van der Waals surface area contributed by atoms with Crippen LogP contribution in [-0.2, 0) is 5.41 Å². The zero-order chi connectivity index (χ0) is 19.6. The van der Waals surface area contributed by atoms with Gasteiger partial charge in [0.2, 0.25) is 0 Å². The summed E-state index contributed by atoms with van der Waals surface area (Å²) < 4.78 is 0. The summed E-state index contributed by atoms with van der Waals surface area (Å²) in [7, 11) is 0. The summed E-state index contributed by atoms with van der Waals surface area (Å²) in [5, 5.41) is 0. The molecule has 1 aromatic rings. The molecule has 0 amide bonds. The van der Waals surface area contributed by atoms with Gasteiger partial charge in [0.25, 0.3) is 0 Å². The van der Waals surface area contributed by atoms with Crippen LogP contribution in [0.2, 0.25) is 0 Å². The molecule has 0 heteroatoms. The molecule has 0 saturated carbocycles. The van der Waals surface area contributed by atoms with E-state index >= 15 is 0 Å². The summed E-state index contributed by atoms with van der Waals surface area (Å²) >= 11 is 0. The molecule has 1 spiro atoms. The number of fused-ring (bicyclic) bond motifs is 2. The van der Waals surface area contributed by atoms with Gasteiger partial charge in [0, 0.05) is 0 Å². The van der Waals surface area contributed by atoms with Gasteiger partial charge in [-0.2, -0.15) is 0 Å². The second kappa shape index (κ2) is 7.40. The number of benzene rings is 1. The average molecular weight is 353 g/mol. The van der Waals surface area contributed by atoms with Crippen molar-refractivity contribution in [3.8, 4) is 0 Å².